The Labute approximate surface area is 178 Å². The van der Waals surface area contributed by atoms with E-state index in [-0.39, 0.29) is 11.8 Å². The average Bonchev–Trinajstić information content (AvgIpc) is 3.28. The van der Waals surface area contributed by atoms with Gasteiger partial charge < -0.3 is 24.4 Å². The topological polar surface area (TPSA) is 101 Å². The number of benzene rings is 2. The van der Waals surface area contributed by atoms with Gasteiger partial charge in [-0.3, -0.25) is 9.59 Å². The summed E-state index contributed by atoms with van der Waals surface area (Å²) in [6, 6.07) is 11.1. The number of nitriles is 1. The van der Waals surface area contributed by atoms with Crippen molar-refractivity contribution in [3.63, 3.8) is 0 Å². The molecule has 1 aliphatic rings. The van der Waals surface area contributed by atoms with Crippen molar-refractivity contribution >= 4 is 29.3 Å². The van der Waals surface area contributed by atoms with E-state index in [1.165, 1.54) is 38.0 Å². The number of hydrogen-bond acceptors (Lipinski definition) is 7. The van der Waals surface area contributed by atoms with Gasteiger partial charge in [0.15, 0.2) is 11.5 Å². The van der Waals surface area contributed by atoms with Crippen LogP contribution in [0.2, 0.25) is 0 Å². The maximum Gasteiger partial charge on any atom is 0.255 e. The minimum Gasteiger partial charge on any atom is -0.493 e. The van der Waals surface area contributed by atoms with Crippen LogP contribution in [0.4, 0.5) is 5.69 Å². The second kappa shape index (κ2) is 9.41. The highest BCUT2D eigenvalue weighted by Gasteiger charge is 2.36. The minimum absolute atomic E-state index is 0.287. The van der Waals surface area contributed by atoms with Crippen LogP contribution >= 0.6 is 11.8 Å². The molecule has 0 bridgehead atoms. The van der Waals surface area contributed by atoms with Gasteiger partial charge in [0.05, 0.1) is 38.8 Å². The Hall–Kier alpha value is -3.38. The van der Waals surface area contributed by atoms with Crippen LogP contribution in [0.15, 0.2) is 36.4 Å². The zero-order valence-electron chi connectivity index (χ0n) is 16.8. The summed E-state index contributed by atoms with van der Waals surface area (Å²) in [5.41, 5.74) is 1.41. The monoisotopic (exact) mass is 427 g/mol. The van der Waals surface area contributed by atoms with Crippen molar-refractivity contribution in [2.45, 2.75) is 6.04 Å². The molecule has 0 aromatic heterocycles. The predicted molar refractivity (Wildman–Crippen MR) is 113 cm³/mol. The van der Waals surface area contributed by atoms with Crippen molar-refractivity contribution in [3.8, 4) is 23.3 Å². The zero-order chi connectivity index (χ0) is 21.7. The Bertz CT molecular complexity index is 962. The first kappa shape index (κ1) is 21.3. The third kappa shape index (κ3) is 4.28. The van der Waals surface area contributed by atoms with Crippen LogP contribution in [-0.4, -0.2) is 55.7 Å². The predicted octanol–water partition coefficient (Wildman–Crippen LogP) is 2.74. The number of carbonyl (C=O) groups is 2. The first-order valence-electron chi connectivity index (χ1n) is 9.02. The first-order chi connectivity index (χ1) is 14.5. The van der Waals surface area contributed by atoms with Crippen molar-refractivity contribution in [3.05, 3.63) is 47.5 Å². The SMILES string of the molecule is COc1cc(C(=O)N2CSCC2C(=O)Nc2ccc(C#N)cc2)cc(OC)c1OC. The Balaban J connectivity index is 1.81. The van der Waals surface area contributed by atoms with E-state index >= 15 is 0 Å². The van der Waals surface area contributed by atoms with Crippen molar-refractivity contribution < 1.29 is 23.8 Å². The summed E-state index contributed by atoms with van der Waals surface area (Å²) >= 11 is 1.50. The van der Waals surface area contributed by atoms with Crippen LogP contribution in [0.1, 0.15) is 15.9 Å². The Kier molecular flexibility index (Phi) is 6.69. The molecule has 3 rings (SSSR count). The largest absolute Gasteiger partial charge is 0.493 e. The molecule has 0 saturated carbocycles. The van der Waals surface area contributed by atoms with Gasteiger partial charge in [0.25, 0.3) is 5.91 Å². The molecule has 2 aromatic carbocycles. The normalized spacial score (nSPS) is 15.3. The lowest BCUT2D eigenvalue weighted by Crippen LogP contribution is -2.44. The van der Waals surface area contributed by atoms with Gasteiger partial charge in [-0.2, -0.15) is 5.26 Å². The van der Waals surface area contributed by atoms with Gasteiger partial charge in [-0.25, -0.2) is 0 Å². The lowest BCUT2D eigenvalue weighted by Gasteiger charge is -2.24. The average molecular weight is 427 g/mol. The molecule has 156 valence electrons. The van der Waals surface area contributed by atoms with Crippen LogP contribution < -0.4 is 19.5 Å². The molecule has 8 nitrogen and oxygen atoms in total. The molecule has 1 saturated heterocycles. The minimum atomic E-state index is -0.628. The Morgan fingerprint density at radius 2 is 1.73 bits per heavy atom. The number of methoxy groups -OCH3 is 3. The molecule has 1 unspecified atom stereocenters. The van der Waals surface area contributed by atoms with Crippen molar-refractivity contribution in [1.82, 2.24) is 4.90 Å². The van der Waals surface area contributed by atoms with E-state index in [0.717, 1.165) is 0 Å². The van der Waals surface area contributed by atoms with E-state index < -0.39 is 6.04 Å². The number of anilines is 1. The lowest BCUT2D eigenvalue weighted by molar-refractivity contribution is -0.119. The summed E-state index contributed by atoms with van der Waals surface area (Å²) in [5.74, 6) is 1.41. The summed E-state index contributed by atoms with van der Waals surface area (Å²) in [6.07, 6.45) is 0. The Morgan fingerprint density at radius 1 is 1.10 bits per heavy atom. The second-order valence-corrected chi connectivity index (χ2v) is 7.38. The van der Waals surface area contributed by atoms with Gasteiger partial charge >= 0.3 is 0 Å². The number of thioether (sulfide) groups is 1. The van der Waals surface area contributed by atoms with E-state index in [4.69, 9.17) is 19.5 Å². The van der Waals surface area contributed by atoms with Gasteiger partial charge in [-0.05, 0) is 36.4 Å². The fourth-order valence-electron chi connectivity index (χ4n) is 3.08. The lowest BCUT2D eigenvalue weighted by atomic mass is 10.1. The van der Waals surface area contributed by atoms with Gasteiger partial charge in [-0.1, -0.05) is 0 Å². The molecular weight excluding hydrogens is 406 g/mol. The maximum atomic E-state index is 13.2. The van der Waals surface area contributed by atoms with Crippen LogP contribution in [-0.2, 0) is 4.79 Å². The quantitative estimate of drug-likeness (QED) is 0.756. The number of amides is 2. The first-order valence-corrected chi connectivity index (χ1v) is 10.2. The number of nitrogens with one attached hydrogen (secondary N) is 1. The molecule has 1 fully saturated rings. The summed E-state index contributed by atoms with van der Waals surface area (Å²) < 4.78 is 15.9. The van der Waals surface area contributed by atoms with E-state index in [0.29, 0.717) is 45.7 Å². The van der Waals surface area contributed by atoms with Gasteiger partial charge in [0, 0.05) is 17.0 Å². The second-order valence-electron chi connectivity index (χ2n) is 6.38. The number of hydrogen-bond donors (Lipinski definition) is 1. The van der Waals surface area contributed by atoms with Crippen molar-refractivity contribution in [1.29, 1.82) is 5.26 Å². The molecule has 9 heteroatoms. The third-order valence-corrected chi connectivity index (χ3v) is 5.65. The standard InChI is InChI=1S/C21H21N3O5S/c1-27-17-8-14(9-18(28-2)19(17)29-3)21(26)24-12-30-11-16(24)20(25)23-15-6-4-13(10-22)5-7-15/h4-9,16H,11-12H2,1-3H3,(H,23,25). The fourth-order valence-corrected chi connectivity index (χ4v) is 4.24. The molecule has 0 aliphatic carbocycles. The summed E-state index contributed by atoms with van der Waals surface area (Å²) in [5, 5.41) is 11.7. The number of nitrogens with zero attached hydrogens (tertiary/aromatic N) is 2. The highest BCUT2D eigenvalue weighted by atomic mass is 32.2. The summed E-state index contributed by atoms with van der Waals surface area (Å²) in [7, 11) is 4.44. The van der Waals surface area contributed by atoms with E-state index in [1.54, 1.807) is 36.4 Å². The van der Waals surface area contributed by atoms with Crippen LogP contribution in [0.5, 0.6) is 17.2 Å². The van der Waals surface area contributed by atoms with E-state index in [2.05, 4.69) is 5.32 Å². The molecule has 0 spiro atoms. The molecule has 0 radical (unpaired) electrons. The highest BCUT2D eigenvalue weighted by molar-refractivity contribution is 7.99. The third-order valence-electron chi connectivity index (χ3n) is 4.64. The van der Waals surface area contributed by atoms with Gasteiger partial charge in [0.1, 0.15) is 6.04 Å². The van der Waals surface area contributed by atoms with Gasteiger partial charge in [0.2, 0.25) is 11.7 Å². The number of ether oxygens (including phenoxy) is 3. The highest BCUT2D eigenvalue weighted by Crippen LogP contribution is 2.39. The fraction of sp³-hybridized carbons (Fsp3) is 0.286. The van der Waals surface area contributed by atoms with E-state index in [1.807, 2.05) is 6.07 Å². The Morgan fingerprint density at radius 3 is 2.27 bits per heavy atom. The number of carbonyl (C=O) groups excluding carboxylic acids is 2. The zero-order valence-corrected chi connectivity index (χ0v) is 17.6. The molecule has 1 heterocycles. The molecule has 1 aliphatic heterocycles. The summed E-state index contributed by atoms with van der Waals surface area (Å²) in [6.45, 7) is 0. The van der Waals surface area contributed by atoms with Crippen molar-refractivity contribution in [2.75, 3.05) is 38.3 Å². The molecule has 2 amide bonds. The molecule has 1 N–H and O–H groups in total. The molecule has 30 heavy (non-hydrogen) atoms. The van der Waals surface area contributed by atoms with Gasteiger partial charge in [-0.15, -0.1) is 11.8 Å². The number of rotatable bonds is 6. The molecular formula is C21H21N3O5S. The van der Waals surface area contributed by atoms with E-state index in [9.17, 15) is 9.59 Å². The van der Waals surface area contributed by atoms with Crippen LogP contribution in [0.25, 0.3) is 0 Å². The van der Waals surface area contributed by atoms with Crippen LogP contribution in [0, 0.1) is 11.3 Å². The van der Waals surface area contributed by atoms with Crippen LogP contribution in [0.3, 0.4) is 0 Å². The maximum absolute atomic E-state index is 13.2. The molecule has 1 atom stereocenters. The smallest absolute Gasteiger partial charge is 0.255 e. The molecule has 2 aromatic rings. The summed E-state index contributed by atoms with van der Waals surface area (Å²) in [4.78, 5) is 27.5. The van der Waals surface area contributed by atoms with Crippen molar-refractivity contribution in [2.24, 2.45) is 0 Å².